The fraction of sp³-hybridized carbons (Fsp3) is 0.545. The van der Waals surface area contributed by atoms with Gasteiger partial charge in [-0.25, -0.2) is 0 Å². The molecule has 10 nitrogen and oxygen atoms in total. The van der Waals surface area contributed by atoms with Crippen LogP contribution in [0.2, 0.25) is 0 Å². The highest BCUT2D eigenvalue weighted by molar-refractivity contribution is 7.54. The first-order chi connectivity index (χ1) is 16.4. The summed E-state index contributed by atoms with van der Waals surface area (Å²) in [5, 5.41) is 6.48. The Morgan fingerprint density at radius 1 is 0.676 bits per heavy atom. The highest BCUT2D eigenvalue weighted by Crippen LogP contribution is 2.60. The number of nitrogens with one attached hydrogen (secondary N) is 2. The Labute approximate surface area is 202 Å². The maximum absolute atomic E-state index is 13.5. The monoisotopic (exact) mass is 514 g/mol. The predicted octanol–water partition coefficient (Wildman–Crippen LogP) is 4.89. The molecular weight excluding hydrogens is 478 g/mol. The molecule has 2 N–H and O–H groups in total. The van der Waals surface area contributed by atoms with Crippen molar-refractivity contribution in [2.24, 2.45) is 0 Å². The van der Waals surface area contributed by atoms with E-state index < -0.39 is 26.8 Å². The molecule has 0 spiro atoms. The van der Waals surface area contributed by atoms with Gasteiger partial charge in [0.25, 0.3) is 0 Å². The zero-order chi connectivity index (χ0) is 24.9. The molecule has 0 aliphatic heterocycles. The molecule has 2 aromatic heterocycles. The van der Waals surface area contributed by atoms with Gasteiger partial charge < -0.3 is 18.1 Å². The fourth-order valence-corrected chi connectivity index (χ4v) is 7.19. The maximum Gasteiger partial charge on any atom is 0.353 e. The molecule has 0 saturated heterocycles. The van der Waals surface area contributed by atoms with Gasteiger partial charge in [-0.3, -0.25) is 29.7 Å². The predicted molar refractivity (Wildman–Crippen MR) is 132 cm³/mol. The topological polar surface area (TPSA) is 121 Å². The molecule has 0 aliphatic rings. The first kappa shape index (κ1) is 28.8. The quantitative estimate of drug-likeness (QED) is 0.223. The standard InChI is InChI=1S/C22H36N4O6P2/c1-5-29-33(27,30-6-2)21(19-13-9-11-15-23-19)25-17-18-26-22(20-14-10-12-16-24-20)34(28,31-7-3)32-8-4/h9-16,21-22,25-26H,5-8,17-18H2,1-4H3/t21-,22-/m1/s1. The first-order valence-corrected chi connectivity index (χ1v) is 14.7. The van der Waals surface area contributed by atoms with E-state index in [0.29, 0.717) is 24.5 Å². The van der Waals surface area contributed by atoms with E-state index in [4.69, 9.17) is 18.1 Å². The van der Waals surface area contributed by atoms with Crippen LogP contribution in [0.4, 0.5) is 0 Å². The lowest BCUT2D eigenvalue weighted by molar-refractivity contribution is 0.203. The van der Waals surface area contributed by atoms with E-state index in [0.717, 1.165) is 0 Å². The molecule has 12 heteroatoms. The summed E-state index contributed by atoms with van der Waals surface area (Å²) in [4.78, 5) is 8.70. The molecular formula is C22H36N4O6P2. The lowest BCUT2D eigenvalue weighted by Crippen LogP contribution is -2.34. The molecule has 0 aliphatic carbocycles. The highest BCUT2D eigenvalue weighted by atomic mass is 31.2. The Hall–Kier alpha value is -1.48. The van der Waals surface area contributed by atoms with E-state index in [9.17, 15) is 9.13 Å². The Morgan fingerprint density at radius 2 is 1.03 bits per heavy atom. The van der Waals surface area contributed by atoms with E-state index in [1.165, 1.54) is 0 Å². The van der Waals surface area contributed by atoms with Crippen LogP contribution in [-0.2, 0) is 27.2 Å². The third-order valence-electron chi connectivity index (χ3n) is 4.60. The van der Waals surface area contributed by atoms with Crippen LogP contribution in [0.25, 0.3) is 0 Å². The van der Waals surface area contributed by atoms with Crippen LogP contribution in [0.5, 0.6) is 0 Å². The molecule has 2 rings (SSSR count). The number of hydrogen-bond donors (Lipinski definition) is 2. The van der Waals surface area contributed by atoms with Crippen molar-refractivity contribution >= 4 is 15.2 Å². The average Bonchev–Trinajstić information content (AvgIpc) is 2.83. The minimum Gasteiger partial charge on any atom is -0.308 e. The van der Waals surface area contributed by atoms with Gasteiger partial charge in [-0.15, -0.1) is 0 Å². The van der Waals surface area contributed by atoms with Gasteiger partial charge in [-0.2, -0.15) is 0 Å². The van der Waals surface area contributed by atoms with E-state index in [2.05, 4.69) is 20.6 Å². The smallest absolute Gasteiger partial charge is 0.308 e. The van der Waals surface area contributed by atoms with Crippen molar-refractivity contribution < 1.29 is 27.2 Å². The number of rotatable bonds is 17. The van der Waals surface area contributed by atoms with Gasteiger partial charge in [0.05, 0.1) is 37.8 Å². The van der Waals surface area contributed by atoms with Crippen LogP contribution < -0.4 is 10.6 Å². The second-order valence-electron chi connectivity index (χ2n) is 6.97. The number of hydrogen-bond acceptors (Lipinski definition) is 10. The summed E-state index contributed by atoms with van der Waals surface area (Å²) in [6, 6.07) is 10.7. The zero-order valence-corrected chi connectivity index (χ0v) is 22.0. The van der Waals surface area contributed by atoms with Crippen molar-refractivity contribution in [2.45, 2.75) is 39.3 Å². The molecule has 0 bridgehead atoms. The maximum atomic E-state index is 13.5. The Kier molecular flexibility index (Phi) is 12.5. The van der Waals surface area contributed by atoms with Crippen LogP contribution in [0.15, 0.2) is 48.8 Å². The summed E-state index contributed by atoms with van der Waals surface area (Å²) in [5.74, 6) is -1.54. The normalized spacial score (nSPS) is 14.1. The van der Waals surface area contributed by atoms with E-state index in [-0.39, 0.29) is 26.4 Å². The van der Waals surface area contributed by atoms with Gasteiger partial charge in [0.15, 0.2) is 11.6 Å². The number of pyridine rings is 2. The van der Waals surface area contributed by atoms with Gasteiger partial charge in [-0.1, -0.05) is 12.1 Å². The highest BCUT2D eigenvalue weighted by Gasteiger charge is 2.39. The summed E-state index contributed by atoms with van der Waals surface area (Å²) >= 11 is 0. The van der Waals surface area contributed by atoms with Crippen LogP contribution >= 0.6 is 15.2 Å². The van der Waals surface area contributed by atoms with Crippen molar-refractivity contribution in [1.29, 1.82) is 0 Å². The van der Waals surface area contributed by atoms with Crippen molar-refractivity contribution in [1.82, 2.24) is 20.6 Å². The summed E-state index contributed by atoms with van der Waals surface area (Å²) in [7, 11) is -7.09. The van der Waals surface area contributed by atoms with Gasteiger partial charge >= 0.3 is 15.2 Å². The van der Waals surface area contributed by atoms with Crippen molar-refractivity contribution in [3.05, 3.63) is 60.2 Å². The van der Waals surface area contributed by atoms with E-state index in [1.54, 1.807) is 64.4 Å². The Balaban J connectivity index is 2.20. The molecule has 0 amide bonds. The fourth-order valence-electron chi connectivity index (χ4n) is 3.34. The molecule has 0 fully saturated rings. The third kappa shape index (κ3) is 8.04. The van der Waals surface area contributed by atoms with Crippen molar-refractivity contribution in [3.8, 4) is 0 Å². The Morgan fingerprint density at radius 3 is 1.29 bits per heavy atom. The molecule has 0 saturated carbocycles. The first-order valence-electron chi connectivity index (χ1n) is 11.5. The van der Waals surface area contributed by atoms with Gasteiger partial charge in [0.2, 0.25) is 0 Å². The number of nitrogens with zero attached hydrogens (tertiary/aromatic N) is 2. The van der Waals surface area contributed by atoms with E-state index in [1.807, 2.05) is 12.1 Å². The lowest BCUT2D eigenvalue weighted by Gasteiger charge is -2.28. The molecule has 2 aromatic rings. The second kappa shape index (κ2) is 14.8. The van der Waals surface area contributed by atoms with Crippen LogP contribution in [0.3, 0.4) is 0 Å². The van der Waals surface area contributed by atoms with Crippen LogP contribution in [0.1, 0.15) is 50.6 Å². The summed E-state index contributed by atoms with van der Waals surface area (Å²) < 4.78 is 49.3. The average molecular weight is 515 g/mol. The van der Waals surface area contributed by atoms with Gasteiger partial charge in [0, 0.05) is 25.5 Å². The molecule has 2 atom stereocenters. The molecule has 2 heterocycles. The SMILES string of the molecule is CCOP(=O)(OCC)[C@@H](NCCN[C@@H](c1ccccn1)P(=O)(OCC)OCC)c1ccccn1. The second-order valence-corrected chi connectivity index (χ2v) is 11.2. The van der Waals surface area contributed by atoms with Gasteiger partial charge in [-0.05, 0) is 52.0 Å². The third-order valence-corrected chi connectivity index (χ3v) is 9.24. The molecule has 0 aromatic carbocycles. The molecule has 0 radical (unpaired) electrons. The molecule has 190 valence electrons. The zero-order valence-electron chi connectivity index (χ0n) is 20.3. The van der Waals surface area contributed by atoms with Gasteiger partial charge in [0.1, 0.15) is 0 Å². The van der Waals surface area contributed by atoms with Crippen LogP contribution in [-0.4, -0.2) is 49.5 Å². The molecule has 0 unspecified atom stereocenters. The summed E-state index contributed by atoms with van der Waals surface area (Å²) in [5.41, 5.74) is 1.09. The summed E-state index contributed by atoms with van der Waals surface area (Å²) in [6.07, 6.45) is 3.25. The van der Waals surface area contributed by atoms with E-state index >= 15 is 0 Å². The minimum absolute atomic E-state index is 0.230. The largest absolute Gasteiger partial charge is 0.353 e. The lowest BCUT2D eigenvalue weighted by atomic mass is 10.3. The summed E-state index contributed by atoms with van der Waals surface area (Å²) in [6.45, 7) is 8.65. The van der Waals surface area contributed by atoms with Crippen molar-refractivity contribution in [2.75, 3.05) is 39.5 Å². The minimum atomic E-state index is -3.55. The van der Waals surface area contributed by atoms with Crippen molar-refractivity contribution in [3.63, 3.8) is 0 Å². The number of aromatic nitrogens is 2. The van der Waals surface area contributed by atoms with Crippen LogP contribution in [0, 0.1) is 0 Å². The Bertz CT molecular complexity index is 827. The molecule has 34 heavy (non-hydrogen) atoms.